The highest BCUT2D eigenvalue weighted by Gasteiger charge is 2.18. The lowest BCUT2D eigenvalue weighted by Gasteiger charge is -2.30. The number of amides is 1. The molecule has 112 valence electrons. The number of nitrogens with zero attached hydrogens (tertiary/aromatic N) is 2. The zero-order valence-electron chi connectivity index (χ0n) is 12.4. The molecule has 1 aromatic carbocycles. The minimum absolute atomic E-state index is 0.105. The molecule has 2 aromatic rings. The topological polar surface area (TPSA) is 61.0 Å². The van der Waals surface area contributed by atoms with E-state index in [-0.39, 0.29) is 5.91 Å². The van der Waals surface area contributed by atoms with E-state index in [0.717, 1.165) is 29.7 Å². The second-order valence-electron chi connectivity index (χ2n) is 6.01. The van der Waals surface area contributed by atoms with Gasteiger partial charge >= 0.3 is 0 Å². The first kappa shape index (κ1) is 14.1. The fourth-order valence-corrected chi connectivity index (χ4v) is 2.98. The summed E-state index contributed by atoms with van der Waals surface area (Å²) in [7, 11) is 0. The molecule has 5 nitrogen and oxygen atoms in total. The summed E-state index contributed by atoms with van der Waals surface area (Å²) in [6.45, 7) is 5.41. The Hall–Kier alpha value is -1.88. The van der Waals surface area contributed by atoms with Gasteiger partial charge in [-0.1, -0.05) is 13.0 Å². The molecule has 21 heavy (non-hydrogen) atoms. The molecule has 2 heterocycles. The van der Waals surface area contributed by atoms with Gasteiger partial charge in [0.2, 0.25) is 5.91 Å². The van der Waals surface area contributed by atoms with Crippen molar-refractivity contribution in [2.24, 2.45) is 5.92 Å². The van der Waals surface area contributed by atoms with Crippen LogP contribution in [0.1, 0.15) is 25.3 Å². The average Bonchev–Trinajstić information content (AvgIpc) is 2.92. The molecule has 1 amide bonds. The van der Waals surface area contributed by atoms with Gasteiger partial charge in [0.25, 0.3) is 0 Å². The van der Waals surface area contributed by atoms with Crippen LogP contribution in [0.3, 0.4) is 0 Å². The second-order valence-corrected chi connectivity index (χ2v) is 6.01. The fraction of sp³-hybridized carbons (Fsp3) is 0.500. The predicted molar refractivity (Wildman–Crippen MR) is 82.8 cm³/mol. The first-order valence-electron chi connectivity index (χ1n) is 7.62. The summed E-state index contributed by atoms with van der Waals surface area (Å²) in [6.07, 6.45) is 4.16. The van der Waals surface area contributed by atoms with Gasteiger partial charge in [0.1, 0.15) is 0 Å². The van der Waals surface area contributed by atoms with Crippen molar-refractivity contribution < 1.29 is 4.79 Å². The Kier molecular flexibility index (Phi) is 4.20. The summed E-state index contributed by atoms with van der Waals surface area (Å²) < 4.78 is 0. The predicted octanol–water partition coefficient (Wildman–Crippen LogP) is 1.91. The van der Waals surface area contributed by atoms with Crippen LogP contribution >= 0.6 is 0 Å². The van der Waals surface area contributed by atoms with E-state index in [4.69, 9.17) is 0 Å². The normalized spacial score (nSPS) is 19.8. The molecule has 5 heteroatoms. The average molecular weight is 286 g/mol. The molecular weight excluding hydrogens is 264 g/mol. The number of benzene rings is 1. The minimum atomic E-state index is 0.105. The number of piperidine rings is 1. The summed E-state index contributed by atoms with van der Waals surface area (Å²) in [4.78, 5) is 21.6. The number of rotatable bonds is 4. The molecule has 1 unspecified atom stereocenters. The van der Waals surface area contributed by atoms with E-state index in [1.807, 2.05) is 18.2 Å². The Bertz CT molecular complexity index is 622. The van der Waals surface area contributed by atoms with Gasteiger partial charge in [0.15, 0.2) is 0 Å². The molecule has 0 bridgehead atoms. The Morgan fingerprint density at radius 1 is 1.52 bits per heavy atom. The monoisotopic (exact) mass is 286 g/mol. The minimum Gasteiger partial charge on any atom is -0.351 e. The van der Waals surface area contributed by atoms with Crippen molar-refractivity contribution >= 4 is 16.9 Å². The van der Waals surface area contributed by atoms with E-state index in [2.05, 4.69) is 27.1 Å². The third-order valence-electron chi connectivity index (χ3n) is 4.08. The summed E-state index contributed by atoms with van der Waals surface area (Å²) in [5.74, 6) is 0.808. The number of likely N-dealkylation sites (tertiary alicyclic amines) is 1. The van der Waals surface area contributed by atoms with Gasteiger partial charge in [-0.25, -0.2) is 4.98 Å². The molecular formula is C16H22N4O. The molecule has 1 aliphatic heterocycles. The zero-order valence-corrected chi connectivity index (χ0v) is 12.4. The van der Waals surface area contributed by atoms with Crippen molar-refractivity contribution in [3.63, 3.8) is 0 Å². The Morgan fingerprint density at radius 3 is 3.29 bits per heavy atom. The Balaban J connectivity index is 1.50. The molecule has 2 N–H and O–H groups in total. The van der Waals surface area contributed by atoms with Gasteiger partial charge in [-0.05, 0) is 43.0 Å². The van der Waals surface area contributed by atoms with Gasteiger partial charge in [-0.15, -0.1) is 0 Å². The van der Waals surface area contributed by atoms with Crippen LogP contribution in [0.15, 0.2) is 24.5 Å². The van der Waals surface area contributed by atoms with Crippen LogP contribution < -0.4 is 5.32 Å². The first-order chi connectivity index (χ1) is 10.2. The summed E-state index contributed by atoms with van der Waals surface area (Å²) in [5.41, 5.74) is 3.05. The second kappa shape index (κ2) is 6.26. The van der Waals surface area contributed by atoms with Crippen LogP contribution in [0.2, 0.25) is 0 Å². The number of carbonyl (C=O) groups is 1. The maximum absolute atomic E-state index is 12.0. The number of H-pyrrole nitrogens is 1. The third kappa shape index (κ3) is 3.61. The number of hydrogen-bond donors (Lipinski definition) is 2. The van der Waals surface area contributed by atoms with E-state index in [9.17, 15) is 4.79 Å². The van der Waals surface area contributed by atoms with Gasteiger partial charge in [0, 0.05) is 13.1 Å². The molecule has 3 rings (SSSR count). The molecule has 1 fully saturated rings. The molecule has 1 aliphatic rings. The highest BCUT2D eigenvalue weighted by atomic mass is 16.2. The van der Waals surface area contributed by atoms with Crippen molar-refractivity contribution in [1.29, 1.82) is 0 Å². The molecule has 0 aliphatic carbocycles. The lowest BCUT2D eigenvalue weighted by atomic mass is 10.0. The number of fused-ring (bicyclic) bond motifs is 1. The summed E-state index contributed by atoms with van der Waals surface area (Å²) >= 11 is 0. The summed E-state index contributed by atoms with van der Waals surface area (Å²) in [6, 6.07) is 6.01. The molecule has 0 spiro atoms. The number of hydrogen-bond acceptors (Lipinski definition) is 3. The number of imidazole rings is 1. The number of nitrogens with one attached hydrogen (secondary N) is 2. The van der Waals surface area contributed by atoms with Gasteiger partial charge in [0.05, 0.1) is 23.9 Å². The molecule has 1 atom stereocenters. The maximum atomic E-state index is 12.0. The fourth-order valence-electron chi connectivity index (χ4n) is 2.98. The number of aromatic nitrogens is 2. The molecule has 0 radical (unpaired) electrons. The molecule has 0 saturated carbocycles. The molecule has 1 aromatic heterocycles. The Morgan fingerprint density at radius 2 is 2.43 bits per heavy atom. The van der Waals surface area contributed by atoms with Crippen LogP contribution in [0.5, 0.6) is 0 Å². The van der Waals surface area contributed by atoms with Crippen LogP contribution in [-0.4, -0.2) is 40.4 Å². The Labute approximate surface area is 124 Å². The van der Waals surface area contributed by atoms with Crippen LogP contribution in [0, 0.1) is 5.92 Å². The van der Waals surface area contributed by atoms with Gasteiger partial charge < -0.3 is 10.3 Å². The maximum Gasteiger partial charge on any atom is 0.234 e. The molecule has 1 saturated heterocycles. The largest absolute Gasteiger partial charge is 0.351 e. The van der Waals surface area contributed by atoms with Crippen molar-refractivity contribution in [3.05, 3.63) is 30.1 Å². The highest BCUT2D eigenvalue weighted by molar-refractivity contribution is 5.78. The van der Waals surface area contributed by atoms with E-state index in [0.29, 0.717) is 19.0 Å². The van der Waals surface area contributed by atoms with E-state index in [1.165, 1.54) is 12.8 Å². The van der Waals surface area contributed by atoms with Crippen molar-refractivity contribution in [2.75, 3.05) is 19.6 Å². The van der Waals surface area contributed by atoms with Crippen LogP contribution in [-0.2, 0) is 11.3 Å². The van der Waals surface area contributed by atoms with E-state index in [1.54, 1.807) is 6.33 Å². The van der Waals surface area contributed by atoms with Crippen molar-refractivity contribution in [2.45, 2.75) is 26.3 Å². The number of carbonyl (C=O) groups excluding carboxylic acids is 1. The van der Waals surface area contributed by atoms with Crippen molar-refractivity contribution in [3.8, 4) is 0 Å². The van der Waals surface area contributed by atoms with E-state index >= 15 is 0 Å². The third-order valence-corrected chi connectivity index (χ3v) is 4.08. The van der Waals surface area contributed by atoms with E-state index < -0.39 is 0 Å². The lowest BCUT2D eigenvalue weighted by molar-refractivity contribution is -0.122. The zero-order chi connectivity index (χ0) is 14.7. The SMILES string of the molecule is CC1CCCN(CC(=O)NCc2ccc3nc[nH]c3c2)C1. The van der Waals surface area contributed by atoms with Gasteiger partial charge in [-0.2, -0.15) is 0 Å². The number of aromatic amines is 1. The standard InChI is InChI=1S/C16H22N4O/c1-12-3-2-6-20(9-12)10-16(21)17-8-13-4-5-14-15(7-13)19-11-18-14/h4-5,7,11-12H,2-3,6,8-10H2,1H3,(H,17,21)(H,18,19). The lowest BCUT2D eigenvalue weighted by Crippen LogP contribution is -2.41. The summed E-state index contributed by atoms with van der Waals surface area (Å²) in [5, 5.41) is 3.00. The quantitative estimate of drug-likeness (QED) is 0.902. The van der Waals surface area contributed by atoms with Crippen LogP contribution in [0.4, 0.5) is 0 Å². The van der Waals surface area contributed by atoms with Gasteiger partial charge in [-0.3, -0.25) is 9.69 Å². The van der Waals surface area contributed by atoms with Crippen LogP contribution in [0.25, 0.3) is 11.0 Å². The first-order valence-corrected chi connectivity index (χ1v) is 7.62. The van der Waals surface area contributed by atoms with Crippen molar-refractivity contribution in [1.82, 2.24) is 20.2 Å². The smallest absolute Gasteiger partial charge is 0.234 e. The highest BCUT2D eigenvalue weighted by Crippen LogP contribution is 2.15.